The van der Waals surface area contributed by atoms with Crippen molar-refractivity contribution in [3.63, 3.8) is 0 Å². The van der Waals surface area contributed by atoms with Crippen LogP contribution in [0.15, 0.2) is 9.59 Å². The highest BCUT2D eigenvalue weighted by molar-refractivity contribution is 7.67. The van der Waals surface area contributed by atoms with Gasteiger partial charge in [0, 0.05) is 0 Å². The second-order valence-corrected chi connectivity index (χ2v) is 4.12. The van der Waals surface area contributed by atoms with Gasteiger partial charge in [0.1, 0.15) is 6.54 Å². The molecule has 0 bridgehead atoms. The Balaban J connectivity index is 2.80. The van der Waals surface area contributed by atoms with Crippen LogP contribution in [0, 0.1) is 0 Å². The zero-order valence-corrected chi connectivity index (χ0v) is 8.44. The van der Waals surface area contributed by atoms with Gasteiger partial charge in [-0.3, -0.25) is 14.4 Å². The fourth-order valence-electron chi connectivity index (χ4n) is 0.701. The van der Waals surface area contributed by atoms with Crippen LogP contribution in [-0.4, -0.2) is 17.1 Å². The summed E-state index contributed by atoms with van der Waals surface area (Å²) in [5.74, 6) is -0.563. The van der Waals surface area contributed by atoms with E-state index in [-0.39, 0.29) is 13.2 Å². The predicted octanol–water partition coefficient (Wildman–Crippen LogP) is -0.105. The molecule has 13 heavy (non-hydrogen) atoms. The molecular formula is C6H7NO4S2. The topological polar surface area (TPSA) is 65.4 Å². The van der Waals surface area contributed by atoms with Gasteiger partial charge < -0.3 is 4.74 Å². The fourth-order valence-corrected chi connectivity index (χ4v) is 2.34. The number of nitrogens with zero attached hydrogens (tertiary/aromatic N) is 1. The maximum absolute atomic E-state index is 11.0. The first-order valence-electron chi connectivity index (χ1n) is 3.50. The van der Waals surface area contributed by atoms with Crippen LogP contribution in [-0.2, 0) is 16.1 Å². The summed E-state index contributed by atoms with van der Waals surface area (Å²) in [5.41, 5.74) is 0. The predicted molar refractivity (Wildman–Crippen MR) is 49.4 cm³/mol. The minimum Gasteiger partial charge on any atom is -0.465 e. The van der Waals surface area contributed by atoms with Gasteiger partial charge in [0.15, 0.2) is 0 Å². The first kappa shape index (κ1) is 10.1. The normalized spacial score (nSPS) is 9.92. The highest BCUT2D eigenvalue weighted by Crippen LogP contribution is 1.91. The van der Waals surface area contributed by atoms with E-state index in [1.807, 2.05) is 0 Å². The van der Waals surface area contributed by atoms with Gasteiger partial charge >= 0.3 is 15.7 Å². The van der Waals surface area contributed by atoms with Gasteiger partial charge in [0.25, 0.3) is 0 Å². The number of esters is 1. The molecule has 7 heteroatoms. The number of aromatic nitrogens is 1. The maximum atomic E-state index is 11.0. The van der Waals surface area contributed by atoms with Crippen LogP contribution in [0.2, 0.25) is 0 Å². The van der Waals surface area contributed by atoms with Gasteiger partial charge in [0.05, 0.1) is 6.61 Å². The van der Waals surface area contributed by atoms with Crippen molar-refractivity contribution in [2.45, 2.75) is 13.5 Å². The van der Waals surface area contributed by atoms with Gasteiger partial charge in [0.2, 0.25) is 0 Å². The summed E-state index contributed by atoms with van der Waals surface area (Å²) in [4.78, 5) is 32.0. The van der Waals surface area contributed by atoms with Crippen LogP contribution in [0.25, 0.3) is 0 Å². The van der Waals surface area contributed by atoms with E-state index in [0.29, 0.717) is 0 Å². The third kappa shape index (κ3) is 2.49. The second-order valence-electron chi connectivity index (χ2n) is 2.09. The Morgan fingerprint density at radius 3 is 2.38 bits per heavy atom. The van der Waals surface area contributed by atoms with Crippen LogP contribution in [0.5, 0.6) is 0 Å². The molecular weight excluding hydrogens is 214 g/mol. The minimum atomic E-state index is -0.563. The number of hydrogen-bond donors (Lipinski definition) is 0. The van der Waals surface area contributed by atoms with Crippen LogP contribution < -0.4 is 9.75 Å². The van der Waals surface area contributed by atoms with Crippen molar-refractivity contribution in [1.29, 1.82) is 0 Å². The molecule has 0 N–H and O–H groups in total. The van der Waals surface area contributed by atoms with Gasteiger partial charge in [-0.2, -0.15) is 0 Å². The highest BCUT2D eigenvalue weighted by Gasteiger charge is 2.09. The lowest BCUT2D eigenvalue weighted by Crippen LogP contribution is -2.28. The quantitative estimate of drug-likeness (QED) is 0.528. The van der Waals surface area contributed by atoms with Crippen molar-refractivity contribution < 1.29 is 9.53 Å². The fraction of sp³-hybridized carbons (Fsp3) is 0.500. The van der Waals surface area contributed by atoms with Crippen molar-refractivity contribution in [2.24, 2.45) is 0 Å². The Bertz CT molecular complexity index is 374. The molecule has 0 saturated carbocycles. The smallest absolute Gasteiger partial charge is 0.326 e. The first-order chi connectivity index (χ1) is 6.15. The van der Waals surface area contributed by atoms with Crippen LogP contribution in [0.4, 0.5) is 0 Å². The summed E-state index contributed by atoms with van der Waals surface area (Å²) in [6.45, 7) is 1.62. The highest BCUT2D eigenvalue weighted by atomic mass is 32.9. The minimum absolute atomic E-state index is 0.245. The SMILES string of the molecule is CCOC(=O)Cn1c(=O)ssc1=O. The second kappa shape index (κ2) is 4.33. The van der Waals surface area contributed by atoms with Crippen molar-refractivity contribution in [2.75, 3.05) is 6.61 Å². The van der Waals surface area contributed by atoms with E-state index in [1.54, 1.807) is 6.92 Å². The van der Waals surface area contributed by atoms with Crippen LogP contribution >= 0.6 is 20.7 Å². The largest absolute Gasteiger partial charge is 0.465 e. The molecule has 0 aliphatic carbocycles. The molecule has 0 amide bonds. The molecule has 0 aromatic carbocycles. The molecule has 0 fully saturated rings. The summed E-state index contributed by atoms with van der Waals surface area (Å²) in [7, 11) is 1.64. The molecule has 0 aliphatic rings. The maximum Gasteiger partial charge on any atom is 0.326 e. The Morgan fingerprint density at radius 2 is 1.92 bits per heavy atom. The number of carbonyl (C=O) groups excluding carboxylic acids is 1. The van der Waals surface area contributed by atoms with Crippen molar-refractivity contribution in [3.8, 4) is 0 Å². The molecule has 5 nitrogen and oxygen atoms in total. The van der Waals surface area contributed by atoms with Gasteiger partial charge in [-0.1, -0.05) is 0 Å². The number of rotatable bonds is 3. The average molecular weight is 221 g/mol. The Morgan fingerprint density at radius 1 is 1.38 bits per heavy atom. The van der Waals surface area contributed by atoms with Gasteiger partial charge in [-0.05, 0) is 27.6 Å². The lowest BCUT2D eigenvalue weighted by Gasteiger charge is -1.99. The van der Waals surface area contributed by atoms with Gasteiger partial charge in [-0.15, -0.1) is 0 Å². The van der Waals surface area contributed by atoms with Crippen LogP contribution in [0.3, 0.4) is 0 Å². The number of hydrogen-bond acceptors (Lipinski definition) is 6. The van der Waals surface area contributed by atoms with E-state index >= 15 is 0 Å². The summed E-state index contributed by atoms with van der Waals surface area (Å²) in [6.07, 6.45) is 0. The van der Waals surface area contributed by atoms with E-state index in [9.17, 15) is 14.4 Å². The lowest BCUT2D eigenvalue weighted by atomic mass is 10.6. The molecule has 0 spiro atoms. The molecule has 0 aliphatic heterocycles. The van der Waals surface area contributed by atoms with Crippen molar-refractivity contribution in [1.82, 2.24) is 4.57 Å². The van der Waals surface area contributed by atoms with E-state index < -0.39 is 15.7 Å². The molecule has 1 rings (SSSR count). The number of ether oxygens (including phenoxy) is 1. The molecule has 1 aromatic rings. The summed E-state index contributed by atoms with van der Waals surface area (Å²) < 4.78 is 5.47. The van der Waals surface area contributed by atoms with E-state index in [1.165, 1.54) is 0 Å². The zero-order chi connectivity index (χ0) is 9.84. The van der Waals surface area contributed by atoms with E-state index in [4.69, 9.17) is 0 Å². The molecule has 0 atom stereocenters. The Labute approximate surface area is 80.6 Å². The van der Waals surface area contributed by atoms with E-state index in [2.05, 4.69) is 4.74 Å². The lowest BCUT2D eigenvalue weighted by molar-refractivity contribution is -0.143. The molecule has 72 valence electrons. The first-order valence-corrected chi connectivity index (χ1v) is 5.65. The Hall–Kier alpha value is -0.950. The molecule has 0 unspecified atom stereocenters. The monoisotopic (exact) mass is 221 g/mol. The standard InChI is InChI=1S/C6H7NO4S2/c1-2-11-4(8)3-7-5(9)12-13-6(7)10/h2-3H2,1H3. The third-order valence-electron chi connectivity index (χ3n) is 1.22. The van der Waals surface area contributed by atoms with Crippen molar-refractivity contribution in [3.05, 3.63) is 19.3 Å². The Kier molecular flexibility index (Phi) is 3.38. The van der Waals surface area contributed by atoms with E-state index in [0.717, 1.165) is 25.2 Å². The summed E-state index contributed by atoms with van der Waals surface area (Å²) >= 11 is 0. The average Bonchev–Trinajstić information content (AvgIpc) is 2.36. The van der Waals surface area contributed by atoms with Crippen molar-refractivity contribution >= 4 is 26.7 Å². The number of carbonyl (C=O) groups is 1. The summed E-state index contributed by atoms with van der Waals surface area (Å²) in [5, 5.41) is 0. The van der Waals surface area contributed by atoms with Crippen LogP contribution in [0.1, 0.15) is 6.92 Å². The zero-order valence-electron chi connectivity index (χ0n) is 6.81. The molecule has 1 heterocycles. The molecule has 0 radical (unpaired) electrons. The molecule has 0 saturated heterocycles. The van der Waals surface area contributed by atoms with Gasteiger partial charge in [-0.25, -0.2) is 4.57 Å². The molecule has 1 aromatic heterocycles. The third-order valence-corrected chi connectivity index (χ3v) is 3.13. The summed E-state index contributed by atoms with van der Waals surface area (Å²) in [6, 6.07) is 0.